The molecule has 2 heterocycles. The van der Waals surface area contributed by atoms with Gasteiger partial charge in [-0.1, -0.05) is 30.3 Å². The molecule has 0 radical (unpaired) electrons. The number of hydrogen-bond donors (Lipinski definition) is 1. The lowest BCUT2D eigenvalue weighted by Gasteiger charge is -2.32. The molecule has 0 saturated carbocycles. The molecule has 0 amide bonds. The highest BCUT2D eigenvalue weighted by Gasteiger charge is 2.18. The van der Waals surface area contributed by atoms with Crippen molar-refractivity contribution in [3.05, 3.63) is 53.9 Å². The third-order valence-corrected chi connectivity index (χ3v) is 4.02. The zero-order chi connectivity index (χ0) is 13.8. The molecule has 20 heavy (non-hydrogen) atoms. The van der Waals surface area contributed by atoms with Crippen molar-refractivity contribution < 1.29 is 0 Å². The maximum atomic E-state index is 4.50. The average molecular weight is 270 g/mol. The maximum absolute atomic E-state index is 4.50. The molecule has 4 nitrogen and oxygen atoms in total. The fraction of sp³-hybridized carbons (Fsp3) is 0.438. The second-order valence-corrected chi connectivity index (χ2v) is 5.42. The zero-order valence-corrected chi connectivity index (χ0v) is 12.0. The Morgan fingerprint density at radius 2 is 1.95 bits per heavy atom. The summed E-state index contributed by atoms with van der Waals surface area (Å²) in [7, 11) is 0. The molecule has 4 heteroatoms. The van der Waals surface area contributed by atoms with Gasteiger partial charge in [0.2, 0.25) is 0 Å². The highest BCUT2D eigenvalue weighted by Crippen LogP contribution is 2.20. The van der Waals surface area contributed by atoms with Crippen LogP contribution in [0.2, 0.25) is 0 Å². The Labute approximate surface area is 120 Å². The first kappa shape index (κ1) is 13.3. The summed E-state index contributed by atoms with van der Waals surface area (Å²) in [6, 6.07) is 10.9. The van der Waals surface area contributed by atoms with Crippen LogP contribution in [0.25, 0.3) is 0 Å². The molecule has 2 aromatic rings. The van der Waals surface area contributed by atoms with E-state index in [1.807, 2.05) is 16.9 Å². The molecule has 1 atom stereocenters. The molecule has 1 aliphatic rings. The van der Waals surface area contributed by atoms with Gasteiger partial charge in [-0.3, -0.25) is 9.58 Å². The molecule has 1 aromatic carbocycles. The van der Waals surface area contributed by atoms with E-state index in [1.165, 1.54) is 11.1 Å². The summed E-state index contributed by atoms with van der Waals surface area (Å²) in [4.78, 5) is 2.51. The molecule has 106 valence electrons. The minimum absolute atomic E-state index is 0.446. The molecule has 1 unspecified atom stereocenters. The van der Waals surface area contributed by atoms with E-state index in [4.69, 9.17) is 0 Å². The number of hydrogen-bond acceptors (Lipinski definition) is 3. The van der Waals surface area contributed by atoms with Gasteiger partial charge in [0, 0.05) is 44.0 Å². The van der Waals surface area contributed by atoms with Gasteiger partial charge < -0.3 is 5.32 Å². The summed E-state index contributed by atoms with van der Waals surface area (Å²) in [5, 5.41) is 7.90. The number of piperazine rings is 1. The Bertz CT molecular complexity index is 528. The van der Waals surface area contributed by atoms with E-state index in [0.717, 1.165) is 32.7 Å². The standard InChI is InChI=1S/C16H22N4/c1-14(19-9-7-17-8-10-19)16-11-18-20(13-16)12-15-5-3-2-4-6-15/h2-6,11,13-14,17H,7-10,12H2,1H3. The lowest BCUT2D eigenvalue weighted by Crippen LogP contribution is -2.44. The number of aromatic nitrogens is 2. The monoisotopic (exact) mass is 270 g/mol. The van der Waals surface area contributed by atoms with E-state index in [1.54, 1.807) is 0 Å². The minimum Gasteiger partial charge on any atom is -0.314 e. The largest absolute Gasteiger partial charge is 0.314 e. The predicted octanol–water partition coefficient (Wildman–Crippen LogP) is 1.90. The van der Waals surface area contributed by atoms with Crippen molar-refractivity contribution in [1.82, 2.24) is 20.0 Å². The minimum atomic E-state index is 0.446. The SMILES string of the molecule is CC(c1cnn(Cc2ccccc2)c1)N1CCNCC1. The van der Waals surface area contributed by atoms with Gasteiger partial charge in [0.15, 0.2) is 0 Å². The van der Waals surface area contributed by atoms with Gasteiger partial charge in [0.25, 0.3) is 0 Å². The smallest absolute Gasteiger partial charge is 0.0659 e. The van der Waals surface area contributed by atoms with Crippen LogP contribution in [0.3, 0.4) is 0 Å². The third kappa shape index (κ3) is 3.08. The van der Waals surface area contributed by atoms with Gasteiger partial charge in [-0.25, -0.2) is 0 Å². The van der Waals surface area contributed by atoms with Crippen molar-refractivity contribution in [2.45, 2.75) is 19.5 Å². The van der Waals surface area contributed by atoms with Crippen LogP contribution in [0, 0.1) is 0 Å². The summed E-state index contributed by atoms with van der Waals surface area (Å²) in [6.07, 6.45) is 4.19. The first-order valence-electron chi connectivity index (χ1n) is 7.34. The van der Waals surface area contributed by atoms with Crippen LogP contribution < -0.4 is 5.32 Å². The van der Waals surface area contributed by atoms with Crippen LogP contribution in [0.4, 0.5) is 0 Å². The highest BCUT2D eigenvalue weighted by atomic mass is 15.3. The molecule has 1 saturated heterocycles. The van der Waals surface area contributed by atoms with Crippen LogP contribution in [-0.4, -0.2) is 40.9 Å². The van der Waals surface area contributed by atoms with E-state index < -0.39 is 0 Å². The van der Waals surface area contributed by atoms with Gasteiger partial charge in [-0.05, 0) is 12.5 Å². The quantitative estimate of drug-likeness (QED) is 0.921. The van der Waals surface area contributed by atoms with Crippen molar-refractivity contribution in [1.29, 1.82) is 0 Å². The van der Waals surface area contributed by atoms with E-state index >= 15 is 0 Å². The fourth-order valence-corrected chi connectivity index (χ4v) is 2.73. The molecule has 0 aliphatic carbocycles. The first-order chi connectivity index (χ1) is 9.83. The van der Waals surface area contributed by atoms with Crippen LogP contribution >= 0.6 is 0 Å². The van der Waals surface area contributed by atoms with E-state index in [-0.39, 0.29) is 0 Å². The van der Waals surface area contributed by atoms with Gasteiger partial charge in [-0.2, -0.15) is 5.10 Å². The van der Waals surface area contributed by atoms with Crippen LogP contribution in [0.5, 0.6) is 0 Å². The lowest BCUT2D eigenvalue weighted by atomic mass is 10.1. The Morgan fingerprint density at radius 3 is 2.70 bits per heavy atom. The molecule has 1 fully saturated rings. The van der Waals surface area contributed by atoms with Crippen molar-refractivity contribution in [2.24, 2.45) is 0 Å². The van der Waals surface area contributed by atoms with Crippen molar-refractivity contribution in [2.75, 3.05) is 26.2 Å². The number of rotatable bonds is 4. The van der Waals surface area contributed by atoms with Crippen LogP contribution in [-0.2, 0) is 6.54 Å². The van der Waals surface area contributed by atoms with E-state index in [2.05, 4.69) is 52.7 Å². The summed E-state index contributed by atoms with van der Waals surface area (Å²) >= 11 is 0. The van der Waals surface area contributed by atoms with Crippen molar-refractivity contribution in [3.63, 3.8) is 0 Å². The summed E-state index contributed by atoms with van der Waals surface area (Å²) < 4.78 is 2.03. The topological polar surface area (TPSA) is 33.1 Å². The zero-order valence-electron chi connectivity index (χ0n) is 12.0. The molecular formula is C16H22N4. The van der Waals surface area contributed by atoms with Gasteiger partial charge >= 0.3 is 0 Å². The molecule has 1 aliphatic heterocycles. The van der Waals surface area contributed by atoms with Crippen LogP contribution in [0.15, 0.2) is 42.7 Å². The lowest BCUT2D eigenvalue weighted by molar-refractivity contribution is 0.185. The molecule has 0 bridgehead atoms. The van der Waals surface area contributed by atoms with Gasteiger partial charge in [0.1, 0.15) is 0 Å². The summed E-state index contributed by atoms with van der Waals surface area (Å²) in [6.45, 7) is 7.52. The Kier molecular flexibility index (Phi) is 4.14. The Hall–Kier alpha value is -1.65. The first-order valence-corrected chi connectivity index (χ1v) is 7.34. The second kappa shape index (κ2) is 6.20. The molecular weight excluding hydrogens is 248 g/mol. The second-order valence-electron chi connectivity index (χ2n) is 5.42. The molecule has 0 spiro atoms. The number of nitrogens with zero attached hydrogens (tertiary/aromatic N) is 3. The molecule has 1 N–H and O–H groups in total. The summed E-state index contributed by atoms with van der Waals surface area (Å²) in [5.41, 5.74) is 2.60. The molecule has 1 aromatic heterocycles. The third-order valence-electron chi connectivity index (χ3n) is 4.02. The summed E-state index contributed by atoms with van der Waals surface area (Å²) in [5.74, 6) is 0. The predicted molar refractivity (Wildman–Crippen MR) is 80.6 cm³/mol. The number of nitrogens with one attached hydrogen (secondary N) is 1. The molecule has 3 rings (SSSR count). The fourth-order valence-electron chi connectivity index (χ4n) is 2.73. The maximum Gasteiger partial charge on any atom is 0.0659 e. The van der Waals surface area contributed by atoms with Crippen molar-refractivity contribution in [3.8, 4) is 0 Å². The van der Waals surface area contributed by atoms with Gasteiger partial charge in [0.05, 0.1) is 12.7 Å². The van der Waals surface area contributed by atoms with Crippen molar-refractivity contribution >= 4 is 0 Å². The highest BCUT2D eigenvalue weighted by molar-refractivity contribution is 5.16. The Balaban J connectivity index is 1.66. The number of benzene rings is 1. The van der Waals surface area contributed by atoms with E-state index in [9.17, 15) is 0 Å². The Morgan fingerprint density at radius 1 is 1.20 bits per heavy atom. The van der Waals surface area contributed by atoms with E-state index in [0.29, 0.717) is 6.04 Å². The average Bonchev–Trinajstić information content (AvgIpc) is 2.97. The van der Waals surface area contributed by atoms with Crippen LogP contribution in [0.1, 0.15) is 24.1 Å². The normalized spacial score (nSPS) is 18.1. The van der Waals surface area contributed by atoms with Gasteiger partial charge in [-0.15, -0.1) is 0 Å².